The zero-order valence-corrected chi connectivity index (χ0v) is 17.5. The Bertz CT molecular complexity index is 1170. The van der Waals surface area contributed by atoms with Crippen molar-refractivity contribution in [2.45, 2.75) is 19.3 Å². The van der Waals surface area contributed by atoms with Crippen LogP contribution in [0.3, 0.4) is 0 Å². The number of nitrogens with one attached hydrogen (secondary N) is 4. The Morgan fingerprint density at radius 1 is 1.07 bits per heavy atom. The molecule has 4 N–H and O–H groups in total. The average molecular weight is 468 g/mol. The molecule has 1 aliphatic rings. The molecule has 0 spiro atoms. The van der Waals surface area contributed by atoms with Gasteiger partial charge in [-0.15, -0.1) is 0 Å². The summed E-state index contributed by atoms with van der Waals surface area (Å²) in [5, 5.41) is 8.35. The van der Waals surface area contributed by atoms with Crippen molar-refractivity contribution in [1.82, 2.24) is 9.97 Å². The Labute approximate surface area is 180 Å². The number of halogens is 1. The molecule has 4 rings (SSSR count). The van der Waals surface area contributed by atoms with Gasteiger partial charge >= 0.3 is 0 Å². The van der Waals surface area contributed by atoms with Gasteiger partial charge in [-0.05, 0) is 43.3 Å². The van der Waals surface area contributed by atoms with E-state index in [0.717, 1.165) is 15.7 Å². The van der Waals surface area contributed by atoms with E-state index in [2.05, 4.69) is 41.8 Å². The van der Waals surface area contributed by atoms with Gasteiger partial charge in [-0.25, -0.2) is 0 Å². The molecule has 2 heterocycles. The maximum absolute atomic E-state index is 12.8. The van der Waals surface area contributed by atoms with Crippen molar-refractivity contribution in [2.24, 2.45) is 0 Å². The van der Waals surface area contributed by atoms with E-state index in [-0.39, 0.29) is 29.7 Å². The van der Waals surface area contributed by atoms with Crippen LogP contribution in [-0.4, -0.2) is 21.8 Å². The number of carbonyl (C=O) groups is 2. The summed E-state index contributed by atoms with van der Waals surface area (Å²) in [7, 11) is 0. The Balaban J connectivity index is 1.62. The van der Waals surface area contributed by atoms with Crippen LogP contribution in [0.1, 0.15) is 23.5 Å². The van der Waals surface area contributed by atoms with Crippen molar-refractivity contribution in [3.8, 4) is 0 Å². The molecule has 1 aliphatic heterocycles. The van der Waals surface area contributed by atoms with Crippen molar-refractivity contribution in [3.05, 3.63) is 74.5 Å². The van der Waals surface area contributed by atoms with Crippen LogP contribution in [0.4, 0.5) is 23.1 Å². The molecule has 2 aromatic carbocycles. The average Bonchev–Trinajstić information content (AvgIpc) is 2.70. The van der Waals surface area contributed by atoms with Crippen LogP contribution in [0.2, 0.25) is 0 Å². The third kappa shape index (κ3) is 4.25. The standard InChI is InChI=1S/C21H18BrN5O3/c1-11-2-6-14(7-3-11)24-21-26-18-17(20(30)27-21)15(10-16(28)25-18)19(29)23-13-8-4-12(22)5-9-13/h2-9,15H,10H2,1H3,(H,23,29)(H3,24,25,26,27,28,30). The fraction of sp³-hybridized carbons (Fsp3) is 0.143. The van der Waals surface area contributed by atoms with E-state index in [1.54, 1.807) is 24.3 Å². The van der Waals surface area contributed by atoms with Gasteiger partial charge < -0.3 is 16.0 Å². The fourth-order valence-corrected chi connectivity index (χ4v) is 3.46. The van der Waals surface area contributed by atoms with E-state index in [1.807, 2.05) is 31.2 Å². The van der Waals surface area contributed by atoms with Gasteiger partial charge in [0.25, 0.3) is 5.56 Å². The molecule has 3 aromatic rings. The second kappa shape index (κ2) is 8.11. The van der Waals surface area contributed by atoms with Crippen molar-refractivity contribution in [1.29, 1.82) is 0 Å². The van der Waals surface area contributed by atoms with E-state index in [0.29, 0.717) is 5.69 Å². The van der Waals surface area contributed by atoms with E-state index in [1.165, 1.54) is 0 Å². The summed E-state index contributed by atoms with van der Waals surface area (Å²) < 4.78 is 0.872. The van der Waals surface area contributed by atoms with Gasteiger partial charge in [0.05, 0.1) is 11.5 Å². The zero-order valence-electron chi connectivity index (χ0n) is 16.0. The van der Waals surface area contributed by atoms with Crippen LogP contribution in [0, 0.1) is 6.92 Å². The molecule has 0 fully saturated rings. The minimum Gasteiger partial charge on any atom is -0.326 e. The quantitative estimate of drug-likeness (QED) is 0.467. The highest BCUT2D eigenvalue weighted by atomic mass is 79.9. The first-order chi connectivity index (χ1) is 14.4. The molecule has 30 heavy (non-hydrogen) atoms. The normalized spacial score (nSPS) is 15.1. The maximum atomic E-state index is 12.8. The zero-order chi connectivity index (χ0) is 21.3. The van der Waals surface area contributed by atoms with Gasteiger partial charge in [-0.1, -0.05) is 33.6 Å². The Kier molecular flexibility index (Phi) is 5.37. The number of hydrogen-bond acceptors (Lipinski definition) is 5. The van der Waals surface area contributed by atoms with Crippen molar-refractivity contribution >= 4 is 50.9 Å². The summed E-state index contributed by atoms with van der Waals surface area (Å²) >= 11 is 3.34. The topological polar surface area (TPSA) is 116 Å². The molecule has 0 saturated heterocycles. The van der Waals surface area contributed by atoms with E-state index in [9.17, 15) is 14.4 Å². The van der Waals surface area contributed by atoms with Gasteiger partial charge in [0, 0.05) is 22.3 Å². The molecule has 0 bridgehead atoms. The van der Waals surface area contributed by atoms with E-state index in [4.69, 9.17) is 0 Å². The fourth-order valence-electron chi connectivity index (χ4n) is 3.19. The summed E-state index contributed by atoms with van der Waals surface area (Å²) in [5.41, 5.74) is 2.05. The number of aromatic amines is 1. The molecular weight excluding hydrogens is 450 g/mol. The Hall–Kier alpha value is -3.46. The molecule has 1 atom stereocenters. The smallest absolute Gasteiger partial charge is 0.258 e. The first-order valence-electron chi connectivity index (χ1n) is 9.23. The van der Waals surface area contributed by atoms with Gasteiger partial charge in [-0.2, -0.15) is 4.98 Å². The van der Waals surface area contributed by atoms with Crippen molar-refractivity contribution in [3.63, 3.8) is 0 Å². The third-order valence-electron chi connectivity index (χ3n) is 4.69. The molecule has 152 valence electrons. The molecule has 8 nitrogen and oxygen atoms in total. The summed E-state index contributed by atoms with van der Waals surface area (Å²) in [4.78, 5) is 44.7. The first kappa shape index (κ1) is 19.8. The second-order valence-corrected chi connectivity index (χ2v) is 7.88. The highest BCUT2D eigenvalue weighted by molar-refractivity contribution is 9.10. The van der Waals surface area contributed by atoms with Gasteiger partial charge in [0.15, 0.2) is 0 Å². The summed E-state index contributed by atoms with van der Waals surface area (Å²) in [6.45, 7) is 1.97. The highest BCUT2D eigenvalue weighted by Crippen LogP contribution is 2.30. The van der Waals surface area contributed by atoms with E-state index >= 15 is 0 Å². The lowest BCUT2D eigenvalue weighted by atomic mass is 9.92. The van der Waals surface area contributed by atoms with Gasteiger partial charge in [0.1, 0.15) is 5.82 Å². The van der Waals surface area contributed by atoms with Crippen LogP contribution in [0.25, 0.3) is 0 Å². The number of hydrogen-bond donors (Lipinski definition) is 4. The van der Waals surface area contributed by atoms with Crippen molar-refractivity contribution in [2.75, 3.05) is 16.0 Å². The minimum absolute atomic E-state index is 0.0839. The minimum atomic E-state index is -0.943. The summed E-state index contributed by atoms with van der Waals surface area (Å²) in [6, 6.07) is 14.6. The Morgan fingerprint density at radius 3 is 2.43 bits per heavy atom. The number of carbonyl (C=O) groups excluding carboxylic acids is 2. The summed E-state index contributed by atoms with van der Waals surface area (Å²) in [5.74, 6) is -1.50. The highest BCUT2D eigenvalue weighted by Gasteiger charge is 2.34. The molecule has 9 heteroatoms. The number of nitrogens with zero attached hydrogens (tertiary/aromatic N) is 1. The van der Waals surface area contributed by atoms with Crippen LogP contribution < -0.4 is 21.5 Å². The molecular formula is C21H18BrN5O3. The van der Waals surface area contributed by atoms with Gasteiger partial charge in [0.2, 0.25) is 17.8 Å². The molecule has 0 aliphatic carbocycles. The molecule has 0 saturated carbocycles. The summed E-state index contributed by atoms with van der Waals surface area (Å²) in [6.07, 6.45) is -0.134. The maximum Gasteiger partial charge on any atom is 0.258 e. The number of anilines is 4. The number of benzene rings is 2. The Morgan fingerprint density at radius 2 is 1.73 bits per heavy atom. The lowest BCUT2D eigenvalue weighted by Crippen LogP contribution is -2.36. The molecule has 1 unspecified atom stereocenters. The van der Waals surface area contributed by atoms with Crippen LogP contribution in [0.15, 0.2) is 57.8 Å². The monoisotopic (exact) mass is 467 g/mol. The number of aryl methyl sites for hydroxylation is 1. The largest absolute Gasteiger partial charge is 0.326 e. The molecule has 2 amide bonds. The lowest BCUT2D eigenvalue weighted by molar-refractivity contribution is -0.123. The number of amides is 2. The third-order valence-corrected chi connectivity index (χ3v) is 5.22. The van der Waals surface area contributed by atoms with Crippen LogP contribution in [0.5, 0.6) is 0 Å². The van der Waals surface area contributed by atoms with Crippen molar-refractivity contribution < 1.29 is 9.59 Å². The SMILES string of the molecule is Cc1ccc(Nc2nc3c(c(=O)[nH]2)C(C(=O)Nc2ccc(Br)cc2)CC(=O)N3)cc1. The number of rotatable bonds is 4. The second-order valence-electron chi connectivity index (χ2n) is 6.97. The van der Waals surface area contributed by atoms with E-state index < -0.39 is 17.4 Å². The number of aromatic nitrogens is 2. The van der Waals surface area contributed by atoms with Crippen LogP contribution in [-0.2, 0) is 9.59 Å². The lowest BCUT2D eigenvalue weighted by Gasteiger charge is -2.23. The van der Waals surface area contributed by atoms with Crippen LogP contribution >= 0.6 is 15.9 Å². The predicted octanol–water partition coefficient (Wildman–Crippen LogP) is 3.65. The molecule has 1 aromatic heterocycles. The first-order valence-corrected chi connectivity index (χ1v) is 10.0. The predicted molar refractivity (Wildman–Crippen MR) is 118 cm³/mol. The number of fused-ring (bicyclic) bond motifs is 1. The number of H-pyrrole nitrogens is 1. The van der Waals surface area contributed by atoms with Gasteiger partial charge in [-0.3, -0.25) is 19.4 Å². The molecule has 0 radical (unpaired) electrons.